The predicted octanol–water partition coefficient (Wildman–Crippen LogP) is 0.916. The summed E-state index contributed by atoms with van der Waals surface area (Å²) in [6.07, 6.45) is 0. The van der Waals surface area contributed by atoms with E-state index in [1.165, 1.54) is 4.52 Å². The number of carbonyl (C=O) groups excluding carboxylic acids is 1. The number of aromatic nitrogens is 4. The quantitative estimate of drug-likeness (QED) is 0.361. The van der Waals surface area contributed by atoms with Crippen molar-refractivity contribution in [2.24, 2.45) is 5.41 Å². The summed E-state index contributed by atoms with van der Waals surface area (Å²) in [5.74, 6) is 0.203. The standard InChI is InChI=1S/C29H34N8O4S/c1-19-4-7-24(20(2)12-19)42(40,41)28-26-30-27(39)22-6-5-21(13-23(22)37(26)32-31-28)35-10-8-34(9-11-35)14-25(38)36-17-29(18-36)15-33(3)16-29/h4-7,12-13,32H,8-11,14-18H2,1-3H3. The minimum absolute atomic E-state index is 0.0331. The number of likely N-dealkylation sites (tertiary alicyclic amines) is 2. The minimum Gasteiger partial charge on any atom is -0.369 e. The van der Waals surface area contributed by atoms with Crippen LogP contribution >= 0.6 is 0 Å². The summed E-state index contributed by atoms with van der Waals surface area (Å²) in [6, 6.07) is 10.6. The number of hydrogen-bond acceptors (Lipinski definition) is 9. The van der Waals surface area contributed by atoms with Gasteiger partial charge in [0.25, 0.3) is 5.56 Å². The van der Waals surface area contributed by atoms with Crippen molar-refractivity contribution in [2.45, 2.75) is 23.8 Å². The van der Waals surface area contributed by atoms with Crippen LogP contribution in [0.25, 0.3) is 16.6 Å². The van der Waals surface area contributed by atoms with E-state index in [9.17, 15) is 18.0 Å². The lowest BCUT2D eigenvalue weighted by atomic mass is 9.73. The minimum atomic E-state index is -4.03. The van der Waals surface area contributed by atoms with Gasteiger partial charge in [0, 0.05) is 63.5 Å². The first kappa shape index (κ1) is 27.0. The van der Waals surface area contributed by atoms with E-state index >= 15 is 0 Å². The number of benzene rings is 2. The molecule has 3 saturated heterocycles. The molecule has 2 aromatic heterocycles. The summed E-state index contributed by atoms with van der Waals surface area (Å²) >= 11 is 0. The zero-order chi connectivity index (χ0) is 29.4. The number of amides is 1. The van der Waals surface area contributed by atoms with Crippen molar-refractivity contribution < 1.29 is 13.2 Å². The summed E-state index contributed by atoms with van der Waals surface area (Å²) in [6.45, 7) is 10.9. The van der Waals surface area contributed by atoms with Crippen LogP contribution in [0.2, 0.25) is 0 Å². The van der Waals surface area contributed by atoms with E-state index < -0.39 is 15.4 Å². The number of fused-ring (bicyclic) bond motifs is 3. The fourth-order valence-corrected chi connectivity index (χ4v) is 8.35. The normalized spacial score (nSPS) is 19.4. The molecule has 4 aromatic rings. The Hall–Kier alpha value is -3.81. The van der Waals surface area contributed by atoms with Crippen LogP contribution < -0.4 is 10.5 Å². The van der Waals surface area contributed by atoms with Gasteiger partial charge in [-0.05, 0) is 50.7 Å². The first-order valence-electron chi connectivity index (χ1n) is 14.2. The zero-order valence-corrected chi connectivity index (χ0v) is 24.8. The lowest BCUT2D eigenvalue weighted by Gasteiger charge is -2.59. The van der Waals surface area contributed by atoms with Crippen molar-refractivity contribution in [1.29, 1.82) is 0 Å². The first-order valence-corrected chi connectivity index (χ1v) is 15.7. The van der Waals surface area contributed by atoms with Crippen LogP contribution in [0.5, 0.6) is 0 Å². The fourth-order valence-electron chi connectivity index (χ4n) is 6.87. The maximum Gasteiger partial charge on any atom is 0.281 e. The summed E-state index contributed by atoms with van der Waals surface area (Å²) in [5.41, 5.74) is 2.74. The van der Waals surface area contributed by atoms with E-state index in [0.717, 1.165) is 63.6 Å². The number of anilines is 1. The Bertz CT molecular complexity index is 1890. The highest BCUT2D eigenvalue weighted by atomic mass is 32.2. The molecular formula is C29H34N8O4S. The van der Waals surface area contributed by atoms with Crippen LogP contribution in [-0.4, -0.2) is 115 Å². The van der Waals surface area contributed by atoms with E-state index in [4.69, 9.17) is 0 Å². The van der Waals surface area contributed by atoms with Crippen molar-refractivity contribution >= 4 is 38.0 Å². The molecule has 3 fully saturated rings. The van der Waals surface area contributed by atoms with Crippen LogP contribution in [0, 0.1) is 19.3 Å². The van der Waals surface area contributed by atoms with Gasteiger partial charge in [-0.15, -0.1) is 5.10 Å². The van der Waals surface area contributed by atoms with E-state index in [0.29, 0.717) is 28.4 Å². The Morgan fingerprint density at radius 1 is 1.00 bits per heavy atom. The van der Waals surface area contributed by atoms with Crippen LogP contribution in [0.15, 0.2) is 51.1 Å². The number of carbonyl (C=O) groups is 1. The predicted molar refractivity (Wildman–Crippen MR) is 158 cm³/mol. The van der Waals surface area contributed by atoms with Crippen molar-refractivity contribution in [3.63, 3.8) is 0 Å². The zero-order valence-electron chi connectivity index (χ0n) is 24.0. The van der Waals surface area contributed by atoms with E-state index in [-0.39, 0.29) is 21.5 Å². The largest absolute Gasteiger partial charge is 0.369 e. The lowest BCUT2D eigenvalue weighted by Crippen LogP contribution is -2.72. The molecule has 7 rings (SSSR count). The first-order chi connectivity index (χ1) is 20.0. The number of rotatable bonds is 5. The number of nitrogens with zero attached hydrogens (tertiary/aromatic N) is 7. The molecule has 2 aromatic carbocycles. The Labute approximate surface area is 243 Å². The fraction of sp³-hybridized carbons (Fsp3) is 0.448. The molecule has 3 aliphatic rings. The Balaban J connectivity index is 1.10. The molecule has 12 nitrogen and oxygen atoms in total. The molecule has 1 amide bonds. The van der Waals surface area contributed by atoms with Gasteiger partial charge in [0.1, 0.15) is 0 Å². The van der Waals surface area contributed by atoms with E-state index in [1.54, 1.807) is 31.2 Å². The van der Waals surface area contributed by atoms with Gasteiger partial charge >= 0.3 is 0 Å². The molecule has 3 aliphatic heterocycles. The Morgan fingerprint density at radius 2 is 1.74 bits per heavy atom. The molecule has 0 bridgehead atoms. The second kappa shape index (κ2) is 9.61. The number of piperazine rings is 1. The molecule has 0 radical (unpaired) electrons. The highest BCUT2D eigenvalue weighted by Gasteiger charge is 2.51. The van der Waals surface area contributed by atoms with Crippen LogP contribution in [0.4, 0.5) is 5.69 Å². The molecule has 0 unspecified atom stereocenters. The molecule has 220 valence electrons. The molecule has 1 N–H and O–H groups in total. The smallest absolute Gasteiger partial charge is 0.281 e. The van der Waals surface area contributed by atoms with Gasteiger partial charge in [0.2, 0.25) is 20.8 Å². The summed E-state index contributed by atoms with van der Waals surface area (Å²) in [7, 11) is -1.91. The molecule has 1 spiro atoms. The Kier molecular flexibility index (Phi) is 6.19. The third-order valence-corrected chi connectivity index (χ3v) is 10.7. The van der Waals surface area contributed by atoms with Crippen molar-refractivity contribution in [2.75, 3.05) is 70.9 Å². The SMILES string of the molecule is Cc1ccc(S(=O)(=O)c2n[nH]n3c2nc(=O)c2ccc(N4CCN(CC(=O)N5CC6(CN(C)C6)C5)CC4)cc23)c(C)c1. The molecule has 5 heterocycles. The van der Waals surface area contributed by atoms with Crippen LogP contribution in [0.1, 0.15) is 11.1 Å². The summed E-state index contributed by atoms with van der Waals surface area (Å²) in [4.78, 5) is 38.7. The maximum atomic E-state index is 13.6. The van der Waals surface area contributed by atoms with Gasteiger partial charge in [-0.25, -0.2) is 18.1 Å². The number of H-pyrrole nitrogens is 1. The lowest BCUT2D eigenvalue weighted by molar-refractivity contribution is -0.157. The van der Waals surface area contributed by atoms with Crippen molar-refractivity contribution in [1.82, 2.24) is 34.5 Å². The molecule has 0 saturated carbocycles. The molecule has 0 aliphatic carbocycles. The maximum absolute atomic E-state index is 13.6. The van der Waals surface area contributed by atoms with Gasteiger partial charge in [-0.1, -0.05) is 17.7 Å². The number of aryl methyl sites for hydroxylation is 2. The van der Waals surface area contributed by atoms with Gasteiger partial charge in [-0.3, -0.25) is 14.5 Å². The second-order valence-corrected chi connectivity index (χ2v) is 14.1. The molecule has 42 heavy (non-hydrogen) atoms. The number of nitrogens with one attached hydrogen (secondary N) is 1. The number of sulfone groups is 1. The van der Waals surface area contributed by atoms with Gasteiger partial charge in [-0.2, -0.15) is 4.98 Å². The highest BCUT2D eigenvalue weighted by Crippen LogP contribution is 2.38. The summed E-state index contributed by atoms with van der Waals surface area (Å²) < 4.78 is 28.6. The average molecular weight is 591 g/mol. The molecule has 0 atom stereocenters. The Morgan fingerprint density at radius 3 is 2.43 bits per heavy atom. The van der Waals surface area contributed by atoms with Crippen LogP contribution in [-0.2, 0) is 14.6 Å². The topological polar surface area (TPSA) is 127 Å². The third-order valence-electron chi connectivity index (χ3n) is 8.90. The third kappa shape index (κ3) is 4.38. The molecular weight excluding hydrogens is 556 g/mol. The average Bonchev–Trinajstić information content (AvgIpc) is 3.35. The van der Waals surface area contributed by atoms with Crippen LogP contribution in [0.3, 0.4) is 0 Å². The van der Waals surface area contributed by atoms with Gasteiger partial charge in [0.15, 0.2) is 5.65 Å². The monoisotopic (exact) mass is 590 g/mol. The number of hydrogen-bond donors (Lipinski definition) is 1. The van der Waals surface area contributed by atoms with Crippen molar-refractivity contribution in [3.05, 3.63) is 57.9 Å². The highest BCUT2D eigenvalue weighted by molar-refractivity contribution is 7.91. The van der Waals surface area contributed by atoms with Crippen molar-refractivity contribution in [3.8, 4) is 0 Å². The van der Waals surface area contributed by atoms with E-state index in [1.807, 2.05) is 24.0 Å². The number of aromatic amines is 1. The molecule has 13 heteroatoms. The van der Waals surface area contributed by atoms with E-state index in [2.05, 4.69) is 37.0 Å². The second-order valence-electron chi connectivity index (χ2n) is 12.3. The van der Waals surface area contributed by atoms with Gasteiger partial charge in [0.05, 0.1) is 22.3 Å². The summed E-state index contributed by atoms with van der Waals surface area (Å²) in [5, 5.41) is 6.97. The van der Waals surface area contributed by atoms with Gasteiger partial charge < -0.3 is 14.7 Å².